The smallest absolute Gasteiger partial charge is 0.311 e. The molecule has 0 aliphatic carbocycles. The molecule has 0 radical (unpaired) electrons. The van der Waals surface area contributed by atoms with Crippen molar-refractivity contribution < 1.29 is 18.4 Å². The second-order valence-electron chi connectivity index (χ2n) is 5.86. The summed E-state index contributed by atoms with van der Waals surface area (Å²) in [6, 6.07) is 1.01. The summed E-state index contributed by atoms with van der Waals surface area (Å²) in [6.07, 6.45) is 1.60. The maximum absolute atomic E-state index is 12.1. The molecule has 0 aromatic rings. The van der Waals surface area contributed by atoms with Crippen LogP contribution in [0, 0.1) is 0 Å². The quantitative estimate of drug-likeness (QED) is 0.345. The summed E-state index contributed by atoms with van der Waals surface area (Å²) in [4.78, 5) is 12.1. The van der Waals surface area contributed by atoms with Gasteiger partial charge < -0.3 is 13.6 Å². The van der Waals surface area contributed by atoms with E-state index in [-0.39, 0.29) is 11.5 Å². The van der Waals surface area contributed by atoms with Crippen molar-refractivity contribution in [3.05, 3.63) is 12.8 Å². The summed E-state index contributed by atoms with van der Waals surface area (Å²) in [5, 5.41) is 0. The summed E-state index contributed by atoms with van der Waals surface area (Å²) in [6.45, 7) is 13.8. The van der Waals surface area contributed by atoms with Gasteiger partial charge in [0.25, 0.3) is 0 Å². The Morgan fingerprint density at radius 3 is 2.56 bits per heavy atom. The molecular weight excluding hydrogens is 264 g/mol. The zero-order valence-corrected chi connectivity index (χ0v) is 14.0. The van der Waals surface area contributed by atoms with E-state index in [9.17, 15) is 4.79 Å². The van der Waals surface area contributed by atoms with Crippen molar-refractivity contribution >= 4 is 22.6 Å². The van der Waals surface area contributed by atoms with Gasteiger partial charge in [0.1, 0.15) is 0 Å². The molecule has 6 heteroatoms. The first-order chi connectivity index (χ1) is 8.18. The van der Waals surface area contributed by atoms with Crippen LogP contribution in [0.3, 0.4) is 0 Å². The minimum absolute atomic E-state index is 0.0890. The highest BCUT2D eigenvalue weighted by Gasteiger charge is 2.48. The molecule has 1 aliphatic heterocycles. The molecule has 0 saturated carbocycles. The van der Waals surface area contributed by atoms with Crippen molar-refractivity contribution in [2.45, 2.75) is 57.4 Å². The van der Waals surface area contributed by atoms with Crippen LogP contribution in [0.1, 0.15) is 13.3 Å². The Kier molecular flexibility index (Phi) is 4.80. The van der Waals surface area contributed by atoms with Crippen LogP contribution in [0.15, 0.2) is 12.8 Å². The summed E-state index contributed by atoms with van der Waals surface area (Å²) in [5.41, 5.74) is -0.0890. The first kappa shape index (κ1) is 15.5. The van der Waals surface area contributed by atoms with Crippen molar-refractivity contribution in [2.24, 2.45) is 0 Å². The van der Waals surface area contributed by atoms with Gasteiger partial charge in [-0.2, -0.15) is 0 Å². The molecule has 0 aromatic carbocycles. The lowest BCUT2D eigenvalue weighted by Gasteiger charge is -2.43. The summed E-state index contributed by atoms with van der Waals surface area (Å²) < 4.78 is 16.5. The molecule has 0 aromatic heterocycles. The third-order valence-electron chi connectivity index (χ3n) is 3.27. The Balaban J connectivity index is 2.66. The number of ether oxygens (including phenoxy) is 2. The van der Waals surface area contributed by atoms with Crippen LogP contribution in [0.5, 0.6) is 0 Å². The second kappa shape index (κ2) is 5.58. The molecular formula is C12H24O4Si2. The molecule has 0 N–H and O–H groups in total. The highest BCUT2D eigenvalue weighted by molar-refractivity contribution is 6.88. The highest BCUT2D eigenvalue weighted by Crippen LogP contribution is 2.39. The largest absolute Gasteiger partial charge is 0.463 e. The molecule has 0 amide bonds. The number of rotatable bonds is 4. The van der Waals surface area contributed by atoms with Gasteiger partial charge in [-0.25, -0.2) is 0 Å². The number of esters is 1. The van der Waals surface area contributed by atoms with E-state index < -0.39 is 22.9 Å². The van der Waals surface area contributed by atoms with Crippen molar-refractivity contribution in [3.63, 3.8) is 0 Å². The van der Waals surface area contributed by atoms with Crippen molar-refractivity contribution in [1.82, 2.24) is 0 Å². The zero-order valence-electron chi connectivity index (χ0n) is 12.0. The van der Waals surface area contributed by atoms with Crippen LogP contribution in [-0.4, -0.2) is 28.9 Å². The molecule has 1 fully saturated rings. The summed E-state index contributed by atoms with van der Waals surface area (Å²) >= 11 is 0. The van der Waals surface area contributed by atoms with Crippen LogP contribution < -0.4 is 0 Å². The Labute approximate surface area is 112 Å². The molecule has 1 rings (SSSR count). The third-order valence-corrected chi connectivity index (χ3v) is 11.3. The number of hydrogen-bond donors (Lipinski definition) is 0. The third kappa shape index (κ3) is 3.96. The normalized spacial score (nSPS) is 27.1. The van der Waals surface area contributed by atoms with Crippen LogP contribution in [0.4, 0.5) is 0 Å². The van der Waals surface area contributed by atoms with Gasteiger partial charge in [-0.3, -0.25) is 4.79 Å². The van der Waals surface area contributed by atoms with Crippen LogP contribution in [0.25, 0.3) is 0 Å². The van der Waals surface area contributed by atoms with Gasteiger partial charge in [-0.1, -0.05) is 6.58 Å². The number of hydrogen-bond acceptors (Lipinski definition) is 4. The number of carbonyl (C=O) groups excluding carboxylic acids is 1. The van der Waals surface area contributed by atoms with Gasteiger partial charge in [0.2, 0.25) is 6.29 Å². The maximum Gasteiger partial charge on any atom is 0.311 e. The maximum atomic E-state index is 12.1. The fourth-order valence-corrected chi connectivity index (χ4v) is 11.9. The van der Waals surface area contributed by atoms with Gasteiger partial charge in [-0.15, -0.1) is 0 Å². The molecule has 2 unspecified atom stereocenters. The van der Waals surface area contributed by atoms with Crippen LogP contribution >= 0.6 is 0 Å². The Morgan fingerprint density at radius 1 is 1.44 bits per heavy atom. The fraction of sp³-hybridized carbons (Fsp3) is 0.750. The molecule has 18 heavy (non-hydrogen) atoms. The lowest BCUT2D eigenvalue weighted by atomic mass is 10.3. The first-order valence-electron chi connectivity index (χ1n) is 6.35. The first-order valence-corrected chi connectivity index (χ1v) is 12.4. The zero-order chi connectivity index (χ0) is 14.0. The van der Waals surface area contributed by atoms with Gasteiger partial charge >= 0.3 is 5.97 Å². The highest BCUT2D eigenvalue weighted by atomic mass is 28.4. The average molecular weight is 288 g/mol. The molecule has 1 aliphatic rings. The Morgan fingerprint density at radius 2 is 2.06 bits per heavy atom. The van der Waals surface area contributed by atoms with E-state index in [0.29, 0.717) is 0 Å². The van der Waals surface area contributed by atoms with Crippen LogP contribution in [0.2, 0.25) is 37.8 Å². The van der Waals surface area contributed by atoms with E-state index in [4.69, 9.17) is 13.6 Å². The van der Waals surface area contributed by atoms with Gasteiger partial charge in [-0.05, 0) is 38.7 Å². The monoisotopic (exact) mass is 288 g/mol. The number of carbonyl (C=O) groups is 1. The molecule has 1 saturated heterocycles. The fourth-order valence-electron chi connectivity index (χ4n) is 2.48. The lowest BCUT2D eigenvalue weighted by molar-refractivity contribution is -0.166. The Hall–Kier alpha value is -0.596. The topological polar surface area (TPSA) is 44.8 Å². The SMILES string of the molecule is C=COC(C)OC(=O)C1CC[Si](C)(C)O[Si]1(C)C. The average Bonchev–Trinajstić information content (AvgIpc) is 2.13. The predicted octanol–water partition coefficient (Wildman–Crippen LogP) is 3.24. The van der Waals surface area contributed by atoms with E-state index in [1.54, 1.807) is 6.92 Å². The molecule has 2 atom stereocenters. The lowest BCUT2D eigenvalue weighted by Crippen LogP contribution is -2.54. The van der Waals surface area contributed by atoms with Crippen molar-refractivity contribution in [2.75, 3.05) is 0 Å². The molecule has 1 heterocycles. The van der Waals surface area contributed by atoms with E-state index in [0.717, 1.165) is 12.5 Å². The summed E-state index contributed by atoms with van der Waals surface area (Å²) in [7, 11) is -3.56. The van der Waals surface area contributed by atoms with E-state index in [1.165, 1.54) is 6.26 Å². The second-order valence-corrected chi connectivity index (χ2v) is 14.6. The molecule has 0 bridgehead atoms. The molecule has 0 spiro atoms. The van der Waals surface area contributed by atoms with Crippen LogP contribution in [-0.2, 0) is 18.4 Å². The minimum Gasteiger partial charge on any atom is -0.463 e. The predicted molar refractivity (Wildman–Crippen MR) is 76.1 cm³/mol. The van der Waals surface area contributed by atoms with E-state index >= 15 is 0 Å². The molecule has 104 valence electrons. The van der Waals surface area contributed by atoms with E-state index in [1.807, 2.05) is 0 Å². The van der Waals surface area contributed by atoms with Gasteiger partial charge in [0.05, 0.1) is 11.8 Å². The van der Waals surface area contributed by atoms with Crippen molar-refractivity contribution in [1.29, 1.82) is 0 Å². The molecule has 4 nitrogen and oxygen atoms in total. The summed E-state index contributed by atoms with van der Waals surface area (Å²) in [5.74, 6) is -0.189. The van der Waals surface area contributed by atoms with Gasteiger partial charge in [0.15, 0.2) is 16.6 Å². The minimum atomic E-state index is -2.00. The van der Waals surface area contributed by atoms with Crippen molar-refractivity contribution in [3.8, 4) is 0 Å². The van der Waals surface area contributed by atoms with Gasteiger partial charge in [0, 0.05) is 6.92 Å². The Bertz CT molecular complexity index is 328. The van der Waals surface area contributed by atoms with E-state index in [2.05, 4.69) is 32.8 Å². The standard InChI is InChI=1S/C12H24O4Si2/c1-7-14-10(2)15-12(13)11-8-9-17(3,4)16-18(11,5)6/h7,10-11H,1,8-9H2,2-6H3.